The van der Waals surface area contributed by atoms with Crippen LogP contribution in [0.1, 0.15) is 118 Å². The fraction of sp³-hybridized carbons (Fsp3) is 0.656. The number of terminal acetylenes is 1. The van der Waals surface area contributed by atoms with Crippen molar-refractivity contribution in [2.75, 3.05) is 6.54 Å². The van der Waals surface area contributed by atoms with Gasteiger partial charge in [-0.2, -0.15) is 0 Å². The molecule has 0 aliphatic heterocycles. The smallest absolute Gasteiger partial charge is 0.408 e. The summed E-state index contributed by atoms with van der Waals surface area (Å²) in [5.41, 5.74) is 0.669. The zero-order chi connectivity index (χ0) is 29.6. The summed E-state index contributed by atoms with van der Waals surface area (Å²) in [5, 5.41) is 5.89. The molecule has 1 aromatic carbocycles. The summed E-state index contributed by atoms with van der Waals surface area (Å²) in [5.74, 6) is 1.83. The molecular formula is C32H51N3O4. The number of nitrogens with one attached hydrogen (secondary N) is 2. The molecule has 3 amide bonds. The number of ether oxygens (including phenoxy) is 1. The van der Waals surface area contributed by atoms with Gasteiger partial charge in [0.25, 0.3) is 0 Å². The second-order valence-corrected chi connectivity index (χ2v) is 11.7. The molecule has 218 valence electrons. The van der Waals surface area contributed by atoms with Gasteiger partial charge in [-0.25, -0.2) is 4.79 Å². The lowest BCUT2D eigenvalue weighted by Gasteiger charge is -2.36. The molecule has 0 fully saturated rings. The highest BCUT2D eigenvalue weighted by atomic mass is 16.6. The topological polar surface area (TPSA) is 87.7 Å². The number of nitrogens with zero attached hydrogens (tertiary/aromatic N) is 1. The molecule has 0 aliphatic carbocycles. The molecule has 3 atom stereocenters. The molecule has 39 heavy (non-hydrogen) atoms. The van der Waals surface area contributed by atoms with E-state index >= 15 is 0 Å². The molecule has 0 spiro atoms. The highest BCUT2D eigenvalue weighted by Gasteiger charge is 2.37. The minimum absolute atomic E-state index is 0.0442. The Morgan fingerprint density at radius 1 is 0.949 bits per heavy atom. The maximum Gasteiger partial charge on any atom is 0.408 e. The molecule has 3 unspecified atom stereocenters. The molecule has 0 bridgehead atoms. The largest absolute Gasteiger partial charge is 0.444 e. The number of amides is 3. The van der Waals surface area contributed by atoms with E-state index in [-0.39, 0.29) is 23.8 Å². The number of benzene rings is 1. The molecule has 0 saturated carbocycles. The Kier molecular flexibility index (Phi) is 14.7. The Labute approximate surface area is 236 Å². The van der Waals surface area contributed by atoms with Gasteiger partial charge in [0.2, 0.25) is 11.8 Å². The summed E-state index contributed by atoms with van der Waals surface area (Å²) < 4.78 is 5.45. The normalized spacial score (nSPS) is 13.6. The van der Waals surface area contributed by atoms with Crippen LogP contribution >= 0.6 is 0 Å². The Bertz CT molecular complexity index is 944. The number of unbranched alkanes of at least 4 members (excludes halogenated alkanes) is 4. The van der Waals surface area contributed by atoms with Gasteiger partial charge in [-0.3, -0.25) is 9.59 Å². The van der Waals surface area contributed by atoms with Crippen LogP contribution in [0, 0.1) is 18.3 Å². The van der Waals surface area contributed by atoms with Crippen molar-refractivity contribution in [2.24, 2.45) is 5.92 Å². The number of rotatable bonds is 15. The van der Waals surface area contributed by atoms with Crippen LogP contribution < -0.4 is 10.6 Å². The van der Waals surface area contributed by atoms with Crippen LogP contribution in [0.2, 0.25) is 0 Å². The summed E-state index contributed by atoms with van der Waals surface area (Å²) >= 11 is 0. The first-order valence-corrected chi connectivity index (χ1v) is 14.5. The predicted octanol–water partition coefficient (Wildman–Crippen LogP) is 6.36. The lowest BCUT2D eigenvalue weighted by Crippen LogP contribution is -2.55. The van der Waals surface area contributed by atoms with Crippen molar-refractivity contribution in [1.29, 1.82) is 0 Å². The lowest BCUT2D eigenvalue weighted by atomic mass is 9.97. The molecular weight excluding hydrogens is 490 g/mol. The van der Waals surface area contributed by atoms with Gasteiger partial charge < -0.3 is 20.3 Å². The predicted molar refractivity (Wildman–Crippen MR) is 158 cm³/mol. The fourth-order valence-corrected chi connectivity index (χ4v) is 4.44. The van der Waals surface area contributed by atoms with Crippen molar-refractivity contribution in [3.8, 4) is 12.3 Å². The fourth-order valence-electron chi connectivity index (χ4n) is 4.44. The van der Waals surface area contributed by atoms with Gasteiger partial charge in [0.15, 0.2) is 0 Å². The van der Waals surface area contributed by atoms with Gasteiger partial charge in [-0.1, -0.05) is 77.9 Å². The van der Waals surface area contributed by atoms with E-state index in [0.29, 0.717) is 17.7 Å². The van der Waals surface area contributed by atoms with Gasteiger partial charge >= 0.3 is 6.09 Å². The number of carbonyl (C=O) groups excluding carboxylic acids is 3. The first kappa shape index (κ1) is 34.0. The van der Waals surface area contributed by atoms with E-state index in [9.17, 15) is 14.4 Å². The average Bonchev–Trinajstić information content (AvgIpc) is 2.85. The Balaban J connectivity index is 3.49. The highest BCUT2D eigenvalue weighted by molar-refractivity contribution is 5.92. The summed E-state index contributed by atoms with van der Waals surface area (Å²) in [6.07, 6.45) is 11.6. The van der Waals surface area contributed by atoms with Crippen molar-refractivity contribution >= 4 is 17.9 Å². The zero-order valence-electron chi connectivity index (χ0n) is 25.4. The standard InChI is InChI=1S/C32H51N3O4/c1-10-13-14-15-16-22-35(30(37)27(23(4)5)34-31(38)39-32(7,8)9)28(29(36)33-24(6)17-11-2)26-20-18-25(12-3)19-21-26/h3,18-21,23-24,27-28H,10-11,13-17,22H2,1-2,4-9H3,(H,33,36)(H,34,38). The van der Waals surface area contributed by atoms with E-state index < -0.39 is 23.8 Å². The minimum Gasteiger partial charge on any atom is -0.444 e. The Morgan fingerprint density at radius 2 is 1.56 bits per heavy atom. The molecule has 1 aromatic rings. The van der Waals surface area contributed by atoms with E-state index in [0.717, 1.165) is 44.9 Å². The molecule has 1 rings (SSSR count). The molecule has 2 N–H and O–H groups in total. The van der Waals surface area contributed by atoms with Crippen molar-refractivity contribution in [3.05, 3.63) is 35.4 Å². The first-order valence-electron chi connectivity index (χ1n) is 14.5. The third-order valence-electron chi connectivity index (χ3n) is 6.45. The van der Waals surface area contributed by atoms with Crippen molar-refractivity contribution in [3.63, 3.8) is 0 Å². The zero-order valence-corrected chi connectivity index (χ0v) is 25.4. The Morgan fingerprint density at radius 3 is 2.08 bits per heavy atom. The van der Waals surface area contributed by atoms with E-state index in [1.165, 1.54) is 0 Å². The van der Waals surface area contributed by atoms with E-state index in [2.05, 4.69) is 30.4 Å². The maximum atomic E-state index is 14.2. The number of hydrogen-bond donors (Lipinski definition) is 2. The maximum absolute atomic E-state index is 14.2. The van der Waals surface area contributed by atoms with E-state index in [4.69, 9.17) is 11.2 Å². The number of alkyl carbamates (subject to hydrolysis) is 1. The molecule has 0 saturated heterocycles. The minimum atomic E-state index is -0.864. The van der Waals surface area contributed by atoms with Crippen LogP contribution in [0.15, 0.2) is 24.3 Å². The summed E-state index contributed by atoms with van der Waals surface area (Å²) in [6, 6.07) is 5.43. The molecule has 0 aromatic heterocycles. The average molecular weight is 542 g/mol. The number of carbonyl (C=O) groups is 3. The van der Waals surface area contributed by atoms with Crippen LogP contribution in [0.4, 0.5) is 4.79 Å². The highest BCUT2D eigenvalue weighted by Crippen LogP contribution is 2.26. The molecule has 0 heterocycles. The van der Waals surface area contributed by atoms with Crippen LogP contribution in [-0.4, -0.2) is 47.0 Å². The number of hydrogen-bond acceptors (Lipinski definition) is 4. The quantitative estimate of drug-likeness (QED) is 0.200. The second kappa shape index (κ2) is 16.8. The van der Waals surface area contributed by atoms with Crippen LogP contribution in [0.5, 0.6) is 0 Å². The SMILES string of the molecule is C#Cc1ccc(C(C(=O)NC(C)CCC)N(CCCCCCC)C(=O)C(NC(=O)OC(C)(C)C)C(C)C)cc1. The van der Waals surface area contributed by atoms with Crippen LogP contribution in [0.25, 0.3) is 0 Å². The van der Waals surface area contributed by atoms with Crippen molar-refractivity contribution < 1.29 is 19.1 Å². The monoisotopic (exact) mass is 541 g/mol. The third kappa shape index (κ3) is 12.1. The van der Waals surface area contributed by atoms with Gasteiger partial charge in [-0.15, -0.1) is 6.42 Å². The summed E-state index contributed by atoms with van der Waals surface area (Å²) in [6.45, 7) is 15.7. The lowest BCUT2D eigenvalue weighted by molar-refractivity contribution is -0.143. The first-order chi connectivity index (χ1) is 18.3. The van der Waals surface area contributed by atoms with Crippen molar-refractivity contribution in [2.45, 2.75) is 124 Å². The Hall–Kier alpha value is -3.01. The third-order valence-corrected chi connectivity index (χ3v) is 6.45. The van der Waals surface area contributed by atoms with Gasteiger partial charge in [-0.05, 0) is 64.2 Å². The van der Waals surface area contributed by atoms with Crippen LogP contribution in [-0.2, 0) is 14.3 Å². The molecule has 7 heteroatoms. The summed E-state index contributed by atoms with van der Waals surface area (Å²) in [7, 11) is 0. The van der Waals surface area contributed by atoms with E-state index in [1.54, 1.807) is 37.8 Å². The van der Waals surface area contributed by atoms with Gasteiger partial charge in [0.1, 0.15) is 17.7 Å². The van der Waals surface area contributed by atoms with Crippen molar-refractivity contribution in [1.82, 2.24) is 15.5 Å². The second-order valence-electron chi connectivity index (χ2n) is 11.7. The van der Waals surface area contributed by atoms with E-state index in [1.807, 2.05) is 32.9 Å². The van der Waals surface area contributed by atoms with Crippen LogP contribution in [0.3, 0.4) is 0 Å². The van der Waals surface area contributed by atoms with Gasteiger partial charge in [0.05, 0.1) is 0 Å². The molecule has 0 aliphatic rings. The molecule has 0 radical (unpaired) electrons. The molecule has 7 nitrogen and oxygen atoms in total. The van der Waals surface area contributed by atoms with Gasteiger partial charge in [0, 0.05) is 18.2 Å². The summed E-state index contributed by atoms with van der Waals surface area (Å²) in [4.78, 5) is 42.3.